The second-order valence-electron chi connectivity index (χ2n) is 5.80. The summed E-state index contributed by atoms with van der Waals surface area (Å²) in [6.45, 7) is 2.12. The van der Waals surface area contributed by atoms with Crippen molar-refractivity contribution in [2.75, 3.05) is 14.2 Å². The minimum absolute atomic E-state index is 0.244. The monoisotopic (exact) mass is 372 g/mol. The molecule has 1 aliphatic rings. The summed E-state index contributed by atoms with van der Waals surface area (Å²) in [7, 11) is -0.460. The summed E-state index contributed by atoms with van der Waals surface area (Å²) in [6.07, 6.45) is 0. The Kier molecular flexibility index (Phi) is 4.99. The Labute approximate surface area is 153 Å². The molecule has 0 radical (unpaired) electrons. The lowest BCUT2D eigenvalue weighted by atomic mass is 10.1. The van der Waals surface area contributed by atoms with Crippen LogP contribution in [-0.4, -0.2) is 28.5 Å². The van der Waals surface area contributed by atoms with Gasteiger partial charge in [0, 0.05) is 5.57 Å². The minimum Gasteiger partial charge on any atom is -0.497 e. The average Bonchev–Trinajstić information content (AvgIpc) is 2.89. The average molecular weight is 372 g/mol. The van der Waals surface area contributed by atoms with E-state index in [2.05, 4.69) is 9.71 Å². The number of hydrogen-bond donors (Lipinski definition) is 1. The van der Waals surface area contributed by atoms with Crippen LogP contribution in [-0.2, 0) is 16.6 Å². The van der Waals surface area contributed by atoms with Gasteiger partial charge in [-0.05, 0) is 54.4 Å². The van der Waals surface area contributed by atoms with Crippen LogP contribution in [0.15, 0.2) is 59.1 Å². The highest BCUT2D eigenvalue weighted by Crippen LogP contribution is 2.31. The number of rotatable bonds is 5. The van der Waals surface area contributed by atoms with Crippen molar-refractivity contribution >= 4 is 20.8 Å². The molecule has 2 aromatic rings. The molecule has 0 atom stereocenters. The van der Waals surface area contributed by atoms with E-state index in [4.69, 9.17) is 9.47 Å². The van der Waals surface area contributed by atoms with Crippen LogP contribution in [0.4, 0.5) is 0 Å². The molecule has 136 valence electrons. The second kappa shape index (κ2) is 7.21. The summed E-state index contributed by atoms with van der Waals surface area (Å²) in [5.41, 5.74) is 2.16. The number of benzene rings is 2. The summed E-state index contributed by atoms with van der Waals surface area (Å²) >= 11 is 0. The molecule has 0 fully saturated rings. The van der Waals surface area contributed by atoms with Crippen LogP contribution in [0, 0.1) is 0 Å². The van der Waals surface area contributed by atoms with Crippen LogP contribution >= 0.6 is 0 Å². The van der Waals surface area contributed by atoms with E-state index in [0.717, 1.165) is 11.3 Å². The van der Waals surface area contributed by atoms with Crippen LogP contribution in [0.2, 0.25) is 0 Å². The molecule has 1 heterocycles. The van der Waals surface area contributed by atoms with Gasteiger partial charge in [0.15, 0.2) is 0 Å². The zero-order valence-electron chi connectivity index (χ0n) is 14.8. The number of amidine groups is 1. The normalized spacial score (nSPS) is 17.3. The lowest BCUT2D eigenvalue weighted by molar-refractivity contribution is 0.414. The molecule has 6 nitrogen and oxygen atoms in total. The Morgan fingerprint density at radius 1 is 0.923 bits per heavy atom. The molecule has 1 N–H and O–H groups in total. The first kappa shape index (κ1) is 18.0. The molecule has 26 heavy (non-hydrogen) atoms. The van der Waals surface area contributed by atoms with Crippen LogP contribution in [0.25, 0.3) is 4.91 Å². The van der Waals surface area contributed by atoms with Crippen molar-refractivity contribution in [3.63, 3.8) is 0 Å². The maximum atomic E-state index is 12.5. The first-order valence-corrected chi connectivity index (χ1v) is 9.49. The van der Waals surface area contributed by atoms with E-state index in [1.165, 1.54) is 0 Å². The second-order valence-corrected chi connectivity index (χ2v) is 7.42. The fourth-order valence-electron chi connectivity index (χ4n) is 2.73. The van der Waals surface area contributed by atoms with E-state index in [0.29, 0.717) is 29.3 Å². The van der Waals surface area contributed by atoms with Gasteiger partial charge in [-0.25, -0.2) is 8.42 Å². The first-order valence-electron chi connectivity index (χ1n) is 8.00. The molecule has 0 amide bonds. The predicted molar refractivity (Wildman–Crippen MR) is 102 cm³/mol. The SMILES string of the molecule is COc1ccc(CN=C2NS(=O)(=O)C(c3ccc(OC)cc3)=C2C)cc1. The van der Waals surface area contributed by atoms with Crippen LogP contribution in [0.5, 0.6) is 11.5 Å². The summed E-state index contributed by atoms with van der Waals surface area (Å²) < 4.78 is 37.9. The number of nitrogens with one attached hydrogen (secondary N) is 1. The van der Waals surface area contributed by atoms with Gasteiger partial charge < -0.3 is 9.47 Å². The molecule has 0 aromatic heterocycles. The number of aliphatic imine (C=N–C) groups is 1. The van der Waals surface area contributed by atoms with Gasteiger partial charge in [-0.15, -0.1) is 0 Å². The van der Waals surface area contributed by atoms with E-state index in [-0.39, 0.29) is 4.91 Å². The van der Waals surface area contributed by atoms with Gasteiger partial charge in [-0.3, -0.25) is 9.71 Å². The molecule has 0 unspecified atom stereocenters. The topological polar surface area (TPSA) is 77.0 Å². The Balaban J connectivity index is 1.89. The molecular formula is C19H20N2O4S. The van der Waals surface area contributed by atoms with Crippen molar-refractivity contribution in [1.29, 1.82) is 0 Å². The Morgan fingerprint density at radius 2 is 1.46 bits per heavy atom. The van der Waals surface area contributed by atoms with E-state index in [9.17, 15) is 8.42 Å². The smallest absolute Gasteiger partial charge is 0.264 e. The zero-order valence-corrected chi connectivity index (χ0v) is 15.6. The van der Waals surface area contributed by atoms with Gasteiger partial charge in [0.05, 0.1) is 20.8 Å². The Bertz CT molecular complexity index is 960. The van der Waals surface area contributed by atoms with Crippen molar-refractivity contribution < 1.29 is 17.9 Å². The maximum Gasteiger partial charge on any atom is 0.264 e. The van der Waals surface area contributed by atoms with E-state index in [1.807, 2.05) is 24.3 Å². The molecule has 2 aromatic carbocycles. The lowest BCUT2D eigenvalue weighted by Crippen LogP contribution is -2.23. The van der Waals surface area contributed by atoms with Crippen molar-refractivity contribution in [1.82, 2.24) is 4.72 Å². The zero-order chi connectivity index (χ0) is 18.7. The molecule has 1 aliphatic heterocycles. The third kappa shape index (κ3) is 3.57. The molecule has 0 saturated heterocycles. The van der Waals surface area contributed by atoms with Crippen LogP contribution < -0.4 is 14.2 Å². The largest absolute Gasteiger partial charge is 0.497 e. The Morgan fingerprint density at radius 3 is 2.00 bits per heavy atom. The Hall–Kier alpha value is -2.80. The van der Waals surface area contributed by atoms with Crippen LogP contribution in [0.3, 0.4) is 0 Å². The summed E-state index contributed by atoms with van der Waals surface area (Å²) in [5, 5.41) is 0. The number of hydrogen-bond acceptors (Lipinski definition) is 5. The lowest BCUT2D eigenvalue weighted by Gasteiger charge is -2.04. The highest BCUT2D eigenvalue weighted by molar-refractivity contribution is 8.00. The van der Waals surface area contributed by atoms with Crippen molar-refractivity contribution in [3.05, 3.63) is 65.2 Å². The van der Waals surface area contributed by atoms with Gasteiger partial charge in [0.2, 0.25) is 0 Å². The van der Waals surface area contributed by atoms with Gasteiger partial charge in [0.1, 0.15) is 22.2 Å². The summed E-state index contributed by atoms with van der Waals surface area (Å²) in [6, 6.07) is 14.4. The molecular weight excluding hydrogens is 352 g/mol. The standard InChI is InChI=1S/C19H20N2O4S/c1-13-18(15-6-10-17(25-3)11-7-15)26(22,23)21-19(13)20-12-14-4-8-16(24-2)9-5-14/h4-11H,12H2,1-3H3,(H,20,21). The van der Waals surface area contributed by atoms with Gasteiger partial charge >= 0.3 is 0 Å². The molecule has 0 spiro atoms. The van der Waals surface area contributed by atoms with Crippen molar-refractivity contribution in [3.8, 4) is 11.5 Å². The van der Waals surface area contributed by atoms with E-state index < -0.39 is 10.0 Å². The number of nitrogens with zero attached hydrogens (tertiary/aromatic N) is 1. The number of methoxy groups -OCH3 is 2. The fraction of sp³-hybridized carbons (Fsp3) is 0.211. The van der Waals surface area contributed by atoms with Gasteiger partial charge in [-0.1, -0.05) is 12.1 Å². The van der Waals surface area contributed by atoms with E-state index in [1.54, 1.807) is 45.4 Å². The molecule has 3 rings (SSSR count). The third-order valence-corrected chi connectivity index (χ3v) is 5.67. The highest BCUT2D eigenvalue weighted by atomic mass is 32.2. The number of sulfonamides is 1. The number of ether oxygens (including phenoxy) is 2. The van der Waals surface area contributed by atoms with Crippen LogP contribution in [0.1, 0.15) is 18.1 Å². The quantitative estimate of drug-likeness (QED) is 0.875. The highest BCUT2D eigenvalue weighted by Gasteiger charge is 2.32. The minimum atomic E-state index is -3.64. The van der Waals surface area contributed by atoms with Gasteiger partial charge in [-0.2, -0.15) is 0 Å². The molecule has 0 saturated carbocycles. The molecule has 0 aliphatic carbocycles. The third-order valence-electron chi connectivity index (χ3n) is 4.13. The summed E-state index contributed by atoms with van der Waals surface area (Å²) in [5.74, 6) is 1.80. The van der Waals surface area contributed by atoms with Crippen molar-refractivity contribution in [2.24, 2.45) is 4.99 Å². The molecule has 0 bridgehead atoms. The predicted octanol–water partition coefficient (Wildman–Crippen LogP) is 2.97. The maximum absolute atomic E-state index is 12.5. The van der Waals surface area contributed by atoms with E-state index >= 15 is 0 Å². The molecule has 7 heteroatoms. The van der Waals surface area contributed by atoms with Crippen molar-refractivity contribution in [2.45, 2.75) is 13.5 Å². The fourth-order valence-corrected chi connectivity index (χ4v) is 4.25. The first-order chi connectivity index (χ1) is 12.4. The van der Waals surface area contributed by atoms with Gasteiger partial charge in [0.25, 0.3) is 10.0 Å². The summed E-state index contributed by atoms with van der Waals surface area (Å²) in [4.78, 5) is 4.68.